The molecule has 0 radical (unpaired) electrons. The molecular weight excluding hydrogens is 226 g/mol. The number of pyridine rings is 1. The van der Waals surface area contributed by atoms with Gasteiger partial charge in [0.2, 0.25) is 5.91 Å². The zero-order valence-corrected chi connectivity index (χ0v) is 10.8. The molecule has 4 heteroatoms. The monoisotopic (exact) mass is 245 g/mol. The third-order valence-electron chi connectivity index (χ3n) is 3.16. The molecule has 0 aromatic carbocycles. The number of aromatic nitrogens is 1. The molecular formula is C14H19N3O. The molecule has 1 amide bonds. The van der Waals surface area contributed by atoms with Gasteiger partial charge in [0.05, 0.1) is 11.9 Å². The van der Waals surface area contributed by atoms with Crippen molar-refractivity contribution in [3.63, 3.8) is 0 Å². The maximum Gasteiger partial charge on any atom is 0.247 e. The summed E-state index contributed by atoms with van der Waals surface area (Å²) >= 11 is 0. The van der Waals surface area contributed by atoms with E-state index in [4.69, 9.17) is 0 Å². The summed E-state index contributed by atoms with van der Waals surface area (Å²) in [6.45, 7) is 7.61. The molecule has 0 bridgehead atoms. The molecule has 0 aliphatic carbocycles. The number of anilines is 2. The summed E-state index contributed by atoms with van der Waals surface area (Å²) in [5.41, 5.74) is 1.82. The fraction of sp³-hybridized carbons (Fsp3) is 0.429. The van der Waals surface area contributed by atoms with Gasteiger partial charge in [-0.2, -0.15) is 0 Å². The molecule has 2 rings (SSSR count). The number of rotatable bonds is 3. The summed E-state index contributed by atoms with van der Waals surface area (Å²) in [6, 6.07) is 1.96. The third-order valence-corrected chi connectivity index (χ3v) is 3.16. The lowest BCUT2D eigenvalue weighted by atomic mass is 10.1. The Bertz CT molecular complexity index is 450. The van der Waals surface area contributed by atoms with Crippen LogP contribution in [-0.4, -0.2) is 24.0 Å². The van der Waals surface area contributed by atoms with E-state index in [2.05, 4.69) is 21.8 Å². The lowest BCUT2D eigenvalue weighted by molar-refractivity contribution is -0.111. The third kappa shape index (κ3) is 2.88. The number of hydrogen-bond donors (Lipinski definition) is 1. The fourth-order valence-electron chi connectivity index (χ4n) is 2.27. The Kier molecular flexibility index (Phi) is 3.97. The SMILES string of the molecule is C=CC(=O)Nc1cnc(N2CCCCC2)c(C)c1. The zero-order chi connectivity index (χ0) is 13.0. The Morgan fingerprint density at radius 3 is 2.78 bits per heavy atom. The summed E-state index contributed by atoms with van der Waals surface area (Å²) in [6.07, 6.45) is 6.74. The van der Waals surface area contributed by atoms with E-state index in [0.29, 0.717) is 0 Å². The van der Waals surface area contributed by atoms with Crippen molar-refractivity contribution in [1.82, 2.24) is 4.98 Å². The van der Waals surface area contributed by atoms with E-state index in [1.807, 2.05) is 13.0 Å². The van der Waals surface area contributed by atoms with E-state index in [1.54, 1.807) is 6.20 Å². The van der Waals surface area contributed by atoms with Crippen LogP contribution in [0.2, 0.25) is 0 Å². The minimum atomic E-state index is -0.207. The van der Waals surface area contributed by atoms with Crippen LogP contribution in [0.25, 0.3) is 0 Å². The van der Waals surface area contributed by atoms with Gasteiger partial charge < -0.3 is 10.2 Å². The minimum absolute atomic E-state index is 0.207. The van der Waals surface area contributed by atoms with Gasteiger partial charge in [-0.05, 0) is 43.9 Å². The van der Waals surface area contributed by atoms with Crippen molar-refractivity contribution in [1.29, 1.82) is 0 Å². The topological polar surface area (TPSA) is 45.2 Å². The van der Waals surface area contributed by atoms with Crippen molar-refractivity contribution >= 4 is 17.4 Å². The fourth-order valence-corrected chi connectivity index (χ4v) is 2.27. The van der Waals surface area contributed by atoms with Gasteiger partial charge in [-0.3, -0.25) is 4.79 Å². The van der Waals surface area contributed by atoms with E-state index >= 15 is 0 Å². The van der Waals surface area contributed by atoms with Crippen LogP contribution in [-0.2, 0) is 4.79 Å². The summed E-state index contributed by atoms with van der Waals surface area (Å²) in [5.74, 6) is 0.827. The van der Waals surface area contributed by atoms with Crippen LogP contribution in [0.15, 0.2) is 24.9 Å². The highest BCUT2D eigenvalue weighted by atomic mass is 16.1. The van der Waals surface area contributed by atoms with Gasteiger partial charge in [-0.15, -0.1) is 0 Å². The van der Waals surface area contributed by atoms with Gasteiger partial charge in [0.25, 0.3) is 0 Å². The molecule has 0 spiro atoms. The van der Waals surface area contributed by atoms with Gasteiger partial charge in [-0.25, -0.2) is 4.98 Å². The molecule has 0 atom stereocenters. The number of piperidine rings is 1. The predicted molar refractivity (Wildman–Crippen MR) is 73.9 cm³/mol. The lowest BCUT2D eigenvalue weighted by Crippen LogP contribution is -2.30. The second-order valence-electron chi connectivity index (χ2n) is 4.61. The van der Waals surface area contributed by atoms with E-state index in [0.717, 1.165) is 30.2 Å². The first-order valence-corrected chi connectivity index (χ1v) is 6.35. The van der Waals surface area contributed by atoms with Crippen molar-refractivity contribution in [2.24, 2.45) is 0 Å². The Hall–Kier alpha value is -1.84. The standard InChI is InChI=1S/C14H19N3O/c1-3-13(18)16-12-9-11(2)14(15-10-12)17-7-5-4-6-8-17/h3,9-10H,1,4-8H2,2H3,(H,16,18). The zero-order valence-electron chi connectivity index (χ0n) is 10.8. The van der Waals surface area contributed by atoms with Crippen LogP contribution >= 0.6 is 0 Å². The molecule has 2 heterocycles. The molecule has 18 heavy (non-hydrogen) atoms. The van der Waals surface area contributed by atoms with Crippen molar-refractivity contribution in [3.8, 4) is 0 Å². The molecule has 1 aliphatic heterocycles. The van der Waals surface area contributed by atoms with E-state index in [-0.39, 0.29) is 5.91 Å². The average Bonchev–Trinajstić information content (AvgIpc) is 2.40. The summed E-state index contributed by atoms with van der Waals surface area (Å²) < 4.78 is 0. The minimum Gasteiger partial charge on any atom is -0.356 e. The van der Waals surface area contributed by atoms with Crippen molar-refractivity contribution in [2.45, 2.75) is 26.2 Å². The smallest absolute Gasteiger partial charge is 0.247 e. The molecule has 4 nitrogen and oxygen atoms in total. The Labute approximate surface area is 108 Å². The first-order chi connectivity index (χ1) is 8.70. The average molecular weight is 245 g/mol. The van der Waals surface area contributed by atoms with Crippen LogP contribution in [0.1, 0.15) is 24.8 Å². The first kappa shape index (κ1) is 12.6. The molecule has 1 saturated heterocycles. The normalized spacial score (nSPS) is 15.3. The van der Waals surface area contributed by atoms with Crippen LogP contribution in [0.5, 0.6) is 0 Å². The molecule has 0 saturated carbocycles. The number of nitrogens with zero attached hydrogens (tertiary/aromatic N) is 2. The highest BCUT2D eigenvalue weighted by Crippen LogP contribution is 2.23. The number of aryl methyl sites for hydroxylation is 1. The van der Waals surface area contributed by atoms with Crippen molar-refractivity contribution in [2.75, 3.05) is 23.3 Å². The first-order valence-electron chi connectivity index (χ1n) is 6.35. The van der Waals surface area contributed by atoms with Crippen LogP contribution in [0, 0.1) is 6.92 Å². The molecule has 1 aromatic heterocycles. The Morgan fingerprint density at radius 2 is 2.17 bits per heavy atom. The Morgan fingerprint density at radius 1 is 1.44 bits per heavy atom. The van der Waals surface area contributed by atoms with Crippen molar-refractivity contribution in [3.05, 3.63) is 30.5 Å². The molecule has 96 valence electrons. The maximum absolute atomic E-state index is 11.2. The maximum atomic E-state index is 11.2. The molecule has 1 aromatic rings. The van der Waals surface area contributed by atoms with Gasteiger partial charge >= 0.3 is 0 Å². The van der Waals surface area contributed by atoms with Gasteiger partial charge in [0.15, 0.2) is 0 Å². The quantitative estimate of drug-likeness (QED) is 0.832. The Balaban J connectivity index is 2.13. The number of amides is 1. The number of carbonyl (C=O) groups excluding carboxylic acids is 1. The van der Waals surface area contributed by atoms with Gasteiger partial charge in [-0.1, -0.05) is 6.58 Å². The van der Waals surface area contributed by atoms with Gasteiger partial charge in [0.1, 0.15) is 5.82 Å². The van der Waals surface area contributed by atoms with Crippen LogP contribution in [0.4, 0.5) is 11.5 Å². The highest BCUT2D eigenvalue weighted by Gasteiger charge is 2.14. The summed E-state index contributed by atoms with van der Waals surface area (Å²) in [7, 11) is 0. The van der Waals surface area contributed by atoms with E-state index in [1.165, 1.54) is 25.3 Å². The van der Waals surface area contributed by atoms with Crippen LogP contribution < -0.4 is 10.2 Å². The predicted octanol–water partition coefficient (Wildman–Crippen LogP) is 2.50. The number of hydrogen-bond acceptors (Lipinski definition) is 3. The summed E-state index contributed by atoms with van der Waals surface area (Å²) in [5, 5.41) is 2.72. The van der Waals surface area contributed by atoms with E-state index in [9.17, 15) is 4.79 Å². The second-order valence-corrected chi connectivity index (χ2v) is 4.61. The largest absolute Gasteiger partial charge is 0.356 e. The molecule has 0 unspecified atom stereocenters. The lowest BCUT2D eigenvalue weighted by Gasteiger charge is -2.29. The van der Waals surface area contributed by atoms with Crippen LogP contribution in [0.3, 0.4) is 0 Å². The molecule has 1 fully saturated rings. The van der Waals surface area contributed by atoms with Crippen molar-refractivity contribution < 1.29 is 4.79 Å². The van der Waals surface area contributed by atoms with E-state index < -0.39 is 0 Å². The summed E-state index contributed by atoms with van der Waals surface area (Å²) in [4.78, 5) is 18.0. The molecule has 1 aliphatic rings. The number of nitrogens with one attached hydrogen (secondary N) is 1. The molecule has 1 N–H and O–H groups in total. The highest BCUT2D eigenvalue weighted by molar-refractivity contribution is 5.98. The number of carbonyl (C=O) groups is 1. The second kappa shape index (κ2) is 5.67. The van der Waals surface area contributed by atoms with Gasteiger partial charge in [0, 0.05) is 13.1 Å².